The van der Waals surface area contributed by atoms with Gasteiger partial charge in [-0.05, 0) is 25.5 Å². The van der Waals surface area contributed by atoms with Crippen LogP contribution in [0, 0.1) is 6.92 Å². The number of imidazole rings is 1. The molecule has 0 spiro atoms. The number of hydrogen-bond acceptors (Lipinski definition) is 2. The zero-order valence-corrected chi connectivity index (χ0v) is 12.2. The van der Waals surface area contributed by atoms with Gasteiger partial charge in [0.2, 0.25) is 0 Å². The zero-order chi connectivity index (χ0) is 13.8. The van der Waals surface area contributed by atoms with E-state index in [0.29, 0.717) is 12.5 Å². The Labute approximate surface area is 119 Å². The predicted molar refractivity (Wildman–Crippen MR) is 80.5 cm³/mol. The molecular weight excluding hydrogens is 258 g/mol. The van der Waals surface area contributed by atoms with Gasteiger partial charge in [0, 0.05) is 28.7 Å². The summed E-state index contributed by atoms with van der Waals surface area (Å²) in [5, 5.41) is 0.739. The SMILES string of the molecule is CCCC(CN)c1nc(-c2ccc(Cl)cc2)c(C)[nH]1. The van der Waals surface area contributed by atoms with Gasteiger partial charge >= 0.3 is 0 Å². The molecule has 102 valence electrons. The standard InChI is InChI=1S/C15H20ClN3/c1-3-4-12(9-17)15-18-10(2)14(19-15)11-5-7-13(16)8-6-11/h5-8,12H,3-4,9,17H2,1-2H3,(H,18,19). The molecule has 19 heavy (non-hydrogen) atoms. The molecule has 0 aliphatic rings. The molecule has 3 nitrogen and oxygen atoms in total. The van der Waals surface area contributed by atoms with E-state index in [1.165, 1.54) is 0 Å². The average Bonchev–Trinajstić information content (AvgIpc) is 2.79. The number of rotatable bonds is 5. The van der Waals surface area contributed by atoms with Crippen molar-refractivity contribution in [2.75, 3.05) is 6.54 Å². The Kier molecular flexibility index (Phi) is 4.61. The molecule has 0 radical (unpaired) electrons. The van der Waals surface area contributed by atoms with Crippen molar-refractivity contribution in [1.82, 2.24) is 9.97 Å². The summed E-state index contributed by atoms with van der Waals surface area (Å²) in [4.78, 5) is 8.09. The fraction of sp³-hybridized carbons (Fsp3) is 0.400. The molecule has 2 rings (SSSR count). The molecule has 0 bridgehead atoms. The second-order valence-electron chi connectivity index (χ2n) is 4.82. The van der Waals surface area contributed by atoms with Crippen molar-refractivity contribution < 1.29 is 0 Å². The minimum Gasteiger partial charge on any atom is -0.345 e. The van der Waals surface area contributed by atoms with E-state index in [1.54, 1.807) is 0 Å². The Morgan fingerprint density at radius 2 is 2.00 bits per heavy atom. The first-order valence-electron chi connectivity index (χ1n) is 6.68. The Bertz CT molecular complexity index is 531. The van der Waals surface area contributed by atoms with Crippen LogP contribution in [0.1, 0.15) is 37.2 Å². The normalized spacial score (nSPS) is 12.6. The number of benzene rings is 1. The lowest BCUT2D eigenvalue weighted by molar-refractivity contribution is 0.594. The van der Waals surface area contributed by atoms with E-state index < -0.39 is 0 Å². The van der Waals surface area contributed by atoms with E-state index in [0.717, 1.165) is 40.6 Å². The quantitative estimate of drug-likeness (QED) is 0.871. The van der Waals surface area contributed by atoms with E-state index >= 15 is 0 Å². The first-order chi connectivity index (χ1) is 9.15. The highest BCUT2D eigenvalue weighted by molar-refractivity contribution is 6.30. The Balaban J connectivity index is 2.32. The predicted octanol–water partition coefficient (Wildman–Crippen LogP) is 3.88. The van der Waals surface area contributed by atoms with Crippen LogP contribution in [0.15, 0.2) is 24.3 Å². The van der Waals surface area contributed by atoms with Crippen molar-refractivity contribution in [2.24, 2.45) is 5.73 Å². The van der Waals surface area contributed by atoms with E-state index in [4.69, 9.17) is 22.3 Å². The minimum atomic E-state index is 0.310. The lowest BCUT2D eigenvalue weighted by Crippen LogP contribution is -2.13. The maximum atomic E-state index is 5.91. The lowest BCUT2D eigenvalue weighted by Gasteiger charge is -2.09. The van der Waals surface area contributed by atoms with Gasteiger partial charge < -0.3 is 10.7 Å². The largest absolute Gasteiger partial charge is 0.345 e. The number of halogens is 1. The van der Waals surface area contributed by atoms with Crippen molar-refractivity contribution >= 4 is 11.6 Å². The zero-order valence-electron chi connectivity index (χ0n) is 11.4. The molecule has 1 atom stereocenters. The summed E-state index contributed by atoms with van der Waals surface area (Å²) in [6.07, 6.45) is 2.17. The van der Waals surface area contributed by atoms with Crippen molar-refractivity contribution in [3.8, 4) is 11.3 Å². The number of nitrogens with two attached hydrogens (primary N) is 1. The van der Waals surface area contributed by atoms with Crippen LogP contribution >= 0.6 is 11.6 Å². The maximum Gasteiger partial charge on any atom is 0.111 e. The summed E-state index contributed by atoms with van der Waals surface area (Å²) in [7, 11) is 0. The van der Waals surface area contributed by atoms with Crippen LogP contribution in [0.4, 0.5) is 0 Å². The Morgan fingerprint density at radius 3 is 2.58 bits per heavy atom. The number of H-pyrrole nitrogens is 1. The van der Waals surface area contributed by atoms with Crippen LogP contribution < -0.4 is 5.73 Å². The molecule has 0 saturated carbocycles. The Hall–Kier alpha value is -1.32. The van der Waals surface area contributed by atoms with Gasteiger partial charge in [-0.1, -0.05) is 37.1 Å². The van der Waals surface area contributed by atoms with E-state index in [1.807, 2.05) is 31.2 Å². The highest BCUT2D eigenvalue weighted by atomic mass is 35.5. The van der Waals surface area contributed by atoms with Gasteiger partial charge in [-0.25, -0.2) is 4.98 Å². The van der Waals surface area contributed by atoms with Gasteiger partial charge in [0.15, 0.2) is 0 Å². The molecule has 4 heteroatoms. The summed E-state index contributed by atoms with van der Waals surface area (Å²) in [6.45, 7) is 4.83. The topological polar surface area (TPSA) is 54.7 Å². The first-order valence-corrected chi connectivity index (χ1v) is 7.06. The third-order valence-electron chi connectivity index (χ3n) is 3.33. The fourth-order valence-electron chi connectivity index (χ4n) is 2.28. The van der Waals surface area contributed by atoms with E-state index in [2.05, 4.69) is 11.9 Å². The molecule has 3 N–H and O–H groups in total. The van der Waals surface area contributed by atoms with Gasteiger partial charge in [-0.2, -0.15) is 0 Å². The number of aromatic nitrogens is 2. The molecule has 0 aliphatic heterocycles. The number of hydrogen-bond donors (Lipinski definition) is 2. The van der Waals surface area contributed by atoms with Gasteiger partial charge in [0.1, 0.15) is 5.82 Å². The smallest absolute Gasteiger partial charge is 0.111 e. The second kappa shape index (κ2) is 6.22. The monoisotopic (exact) mass is 277 g/mol. The van der Waals surface area contributed by atoms with Crippen LogP contribution in [-0.4, -0.2) is 16.5 Å². The van der Waals surface area contributed by atoms with Crippen LogP contribution in [0.3, 0.4) is 0 Å². The lowest BCUT2D eigenvalue weighted by atomic mass is 10.0. The highest BCUT2D eigenvalue weighted by Crippen LogP contribution is 2.26. The number of nitrogens with one attached hydrogen (secondary N) is 1. The van der Waals surface area contributed by atoms with Gasteiger partial charge in [0.05, 0.1) is 5.69 Å². The van der Waals surface area contributed by atoms with Crippen LogP contribution in [0.25, 0.3) is 11.3 Å². The number of aryl methyl sites for hydroxylation is 1. The molecule has 1 aromatic carbocycles. The summed E-state index contributed by atoms with van der Waals surface area (Å²) in [5.41, 5.74) is 8.97. The van der Waals surface area contributed by atoms with Crippen LogP contribution in [0.5, 0.6) is 0 Å². The van der Waals surface area contributed by atoms with Gasteiger partial charge in [-0.3, -0.25) is 0 Å². The second-order valence-corrected chi connectivity index (χ2v) is 5.26. The van der Waals surface area contributed by atoms with E-state index in [-0.39, 0.29) is 0 Å². The Morgan fingerprint density at radius 1 is 1.32 bits per heavy atom. The minimum absolute atomic E-state index is 0.310. The summed E-state index contributed by atoms with van der Waals surface area (Å²) in [5.74, 6) is 1.30. The average molecular weight is 278 g/mol. The van der Waals surface area contributed by atoms with Crippen LogP contribution in [-0.2, 0) is 0 Å². The van der Waals surface area contributed by atoms with Crippen LogP contribution in [0.2, 0.25) is 5.02 Å². The van der Waals surface area contributed by atoms with Gasteiger partial charge in [-0.15, -0.1) is 0 Å². The molecule has 2 aromatic rings. The molecule has 1 unspecified atom stereocenters. The summed E-state index contributed by atoms with van der Waals surface area (Å²) < 4.78 is 0. The third kappa shape index (κ3) is 3.17. The third-order valence-corrected chi connectivity index (χ3v) is 3.58. The summed E-state index contributed by atoms with van der Waals surface area (Å²) in [6, 6.07) is 7.76. The fourth-order valence-corrected chi connectivity index (χ4v) is 2.41. The molecular formula is C15H20ClN3. The molecule has 1 aromatic heterocycles. The molecule has 0 saturated heterocycles. The molecule has 1 heterocycles. The number of nitrogens with zero attached hydrogens (tertiary/aromatic N) is 1. The number of aromatic amines is 1. The molecule has 0 fully saturated rings. The van der Waals surface area contributed by atoms with Crippen molar-refractivity contribution in [1.29, 1.82) is 0 Å². The van der Waals surface area contributed by atoms with Crippen molar-refractivity contribution in [3.63, 3.8) is 0 Å². The van der Waals surface area contributed by atoms with Crippen molar-refractivity contribution in [3.05, 3.63) is 40.8 Å². The molecule has 0 aliphatic carbocycles. The maximum absolute atomic E-state index is 5.91. The van der Waals surface area contributed by atoms with Gasteiger partial charge in [0.25, 0.3) is 0 Å². The highest BCUT2D eigenvalue weighted by Gasteiger charge is 2.16. The molecule has 0 amide bonds. The van der Waals surface area contributed by atoms with E-state index in [9.17, 15) is 0 Å². The summed E-state index contributed by atoms with van der Waals surface area (Å²) >= 11 is 5.91. The van der Waals surface area contributed by atoms with Crippen molar-refractivity contribution in [2.45, 2.75) is 32.6 Å². The first kappa shape index (κ1) is 14.1.